The molecule has 2 atom stereocenters. The lowest BCUT2D eigenvalue weighted by Gasteiger charge is -2.30. The predicted molar refractivity (Wildman–Crippen MR) is 122 cm³/mol. The molecule has 0 radical (unpaired) electrons. The van der Waals surface area contributed by atoms with Crippen LogP contribution in [0.4, 0.5) is 0 Å². The number of halogens is 1. The first-order valence-electron chi connectivity index (χ1n) is 10.4. The quantitative estimate of drug-likeness (QED) is 0.649. The largest absolute Gasteiger partial charge is 0.345 e. The Bertz CT molecular complexity index is 1030. The van der Waals surface area contributed by atoms with E-state index in [1.165, 1.54) is 0 Å². The van der Waals surface area contributed by atoms with E-state index in [-0.39, 0.29) is 35.8 Å². The van der Waals surface area contributed by atoms with Gasteiger partial charge in [-0.15, -0.1) is 0 Å². The van der Waals surface area contributed by atoms with E-state index in [0.717, 1.165) is 12.0 Å². The lowest BCUT2D eigenvalue weighted by Crippen LogP contribution is -2.43. The molecule has 0 saturated carbocycles. The summed E-state index contributed by atoms with van der Waals surface area (Å²) in [6.07, 6.45) is 1.22. The van der Waals surface area contributed by atoms with E-state index in [4.69, 9.17) is 11.6 Å². The number of benzene rings is 2. The normalized spacial score (nSPS) is 18.3. The molecule has 1 N–H and O–H groups in total. The molecule has 0 aromatic heterocycles. The van der Waals surface area contributed by atoms with Gasteiger partial charge in [0.2, 0.25) is 5.91 Å². The lowest BCUT2D eigenvalue weighted by molar-refractivity contribution is -0.133. The van der Waals surface area contributed by atoms with E-state index in [1.807, 2.05) is 37.3 Å². The Morgan fingerprint density at radius 1 is 1.13 bits per heavy atom. The first-order chi connectivity index (χ1) is 14.8. The van der Waals surface area contributed by atoms with Crippen LogP contribution >= 0.6 is 11.6 Å². The highest BCUT2D eigenvalue weighted by atomic mass is 35.5. The number of carbonyl (C=O) groups excluding carboxylic acids is 2. The topological polar surface area (TPSA) is 83.6 Å². The van der Waals surface area contributed by atoms with Crippen LogP contribution in [-0.2, 0) is 14.6 Å². The first-order valence-corrected chi connectivity index (χ1v) is 12.6. The summed E-state index contributed by atoms with van der Waals surface area (Å²) < 4.78 is 23.9. The van der Waals surface area contributed by atoms with Gasteiger partial charge in [-0.2, -0.15) is 0 Å². The second kappa shape index (κ2) is 10.3. The van der Waals surface area contributed by atoms with Crippen molar-refractivity contribution in [2.24, 2.45) is 0 Å². The average molecular weight is 463 g/mol. The third-order valence-corrected chi connectivity index (χ3v) is 7.52. The molecular weight excluding hydrogens is 436 g/mol. The zero-order valence-electron chi connectivity index (χ0n) is 17.5. The minimum atomic E-state index is -3.11. The zero-order chi connectivity index (χ0) is 22.4. The molecule has 8 heteroatoms. The van der Waals surface area contributed by atoms with Crippen molar-refractivity contribution in [3.63, 3.8) is 0 Å². The van der Waals surface area contributed by atoms with E-state index in [0.29, 0.717) is 23.6 Å². The second-order valence-corrected chi connectivity index (χ2v) is 10.4. The molecule has 6 nitrogen and oxygen atoms in total. The molecule has 0 bridgehead atoms. The van der Waals surface area contributed by atoms with E-state index in [2.05, 4.69) is 5.32 Å². The Morgan fingerprint density at radius 2 is 1.81 bits per heavy atom. The van der Waals surface area contributed by atoms with Gasteiger partial charge in [-0.05, 0) is 30.5 Å². The van der Waals surface area contributed by atoms with Gasteiger partial charge in [0.05, 0.1) is 34.6 Å². The van der Waals surface area contributed by atoms with Gasteiger partial charge in [0.25, 0.3) is 5.91 Å². The summed E-state index contributed by atoms with van der Waals surface area (Å²) in [6, 6.07) is 15.2. The molecule has 2 aromatic rings. The third-order valence-electron chi connectivity index (χ3n) is 5.44. The van der Waals surface area contributed by atoms with Gasteiger partial charge >= 0.3 is 0 Å². The number of sulfone groups is 1. The highest BCUT2D eigenvalue weighted by Crippen LogP contribution is 2.24. The van der Waals surface area contributed by atoms with E-state index in [1.54, 1.807) is 29.2 Å². The summed E-state index contributed by atoms with van der Waals surface area (Å²) in [4.78, 5) is 27.8. The third kappa shape index (κ3) is 6.08. The summed E-state index contributed by atoms with van der Waals surface area (Å²) in [6.45, 7) is 2.44. The Morgan fingerprint density at radius 3 is 2.42 bits per heavy atom. The Hall–Kier alpha value is -2.38. The Balaban J connectivity index is 1.81. The number of rotatable bonds is 8. The van der Waals surface area contributed by atoms with Crippen LogP contribution in [0.1, 0.15) is 48.1 Å². The van der Waals surface area contributed by atoms with Gasteiger partial charge in [0.1, 0.15) is 0 Å². The molecule has 1 saturated heterocycles. The average Bonchev–Trinajstić information content (AvgIpc) is 3.11. The van der Waals surface area contributed by atoms with Gasteiger partial charge in [-0.3, -0.25) is 9.59 Å². The highest BCUT2D eigenvalue weighted by Gasteiger charge is 2.35. The fourth-order valence-corrected chi connectivity index (χ4v) is 5.84. The predicted octanol–water partition coefficient (Wildman–Crippen LogP) is 3.63. The van der Waals surface area contributed by atoms with Crippen molar-refractivity contribution in [3.05, 3.63) is 70.7 Å². The van der Waals surface area contributed by atoms with Crippen LogP contribution in [0, 0.1) is 0 Å². The highest BCUT2D eigenvalue weighted by molar-refractivity contribution is 7.91. The van der Waals surface area contributed by atoms with Crippen molar-refractivity contribution in [1.82, 2.24) is 10.2 Å². The van der Waals surface area contributed by atoms with Crippen LogP contribution in [-0.4, -0.2) is 49.2 Å². The fraction of sp³-hybridized carbons (Fsp3) is 0.391. The van der Waals surface area contributed by atoms with E-state index < -0.39 is 15.9 Å². The number of nitrogens with zero attached hydrogens (tertiary/aromatic N) is 1. The van der Waals surface area contributed by atoms with Crippen LogP contribution in [0.15, 0.2) is 54.6 Å². The lowest BCUT2D eigenvalue weighted by atomic mass is 10.0. The van der Waals surface area contributed by atoms with Crippen molar-refractivity contribution >= 4 is 33.3 Å². The van der Waals surface area contributed by atoms with Gasteiger partial charge < -0.3 is 10.2 Å². The van der Waals surface area contributed by atoms with Crippen molar-refractivity contribution in [1.29, 1.82) is 0 Å². The maximum Gasteiger partial charge on any atom is 0.253 e. The van der Waals surface area contributed by atoms with Crippen LogP contribution < -0.4 is 5.32 Å². The van der Waals surface area contributed by atoms with Crippen LogP contribution in [0.25, 0.3) is 0 Å². The molecule has 2 amide bonds. The molecule has 1 fully saturated rings. The smallest absolute Gasteiger partial charge is 0.253 e. The van der Waals surface area contributed by atoms with Crippen LogP contribution in [0.3, 0.4) is 0 Å². The zero-order valence-corrected chi connectivity index (χ0v) is 19.0. The minimum Gasteiger partial charge on any atom is -0.345 e. The van der Waals surface area contributed by atoms with Crippen LogP contribution in [0.5, 0.6) is 0 Å². The molecule has 1 aliphatic rings. The minimum absolute atomic E-state index is 0.000720. The summed E-state index contributed by atoms with van der Waals surface area (Å²) in [5, 5.41) is 3.27. The second-order valence-electron chi connectivity index (χ2n) is 7.76. The number of amides is 2. The van der Waals surface area contributed by atoms with Crippen molar-refractivity contribution in [2.45, 2.75) is 38.3 Å². The molecule has 1 heterocycles. The SMILES string of the molecule is CCCN(C(=O)CC(NC(=O)c1ccccc1Cl)c1ccccc1)C1CCS(=O)(=O)C1. The van der Waals surface area contributed by atoms with E-state index in [9.17, 15) is 18.0 Å². The maximum atomic E-state index is 13.3. The molecule has 1 aliphatic heterocycles. The molecule has 0 spiro atoms. The molecular formula is C23H27ClN2O4S. The van der Waals surface area contributed by atoms with Crippen molar-refractivity contribution in [2.75, 3.05) is 18.1 Å². The van der Waals surface area contributed by atoms with Gasteiger partial charge in [-0.25, -0.2) is 8.42 Å². The maximum absolute atomic E-state index is 13.3. The first kappa shape index (κ1) is 23.3. The molecule has 166 valence electrons. The summed E-state index contributed by atoms with van der Waals surface area (Å²) >= 11 is 6.17. The molecule has 2 unspecified atom stereocenters. The number of hydrogen-bond donors (Lipinski definition) is 1. The van der Waals surface area contributed by atoms with Crippen LogP contribution in [0.2, 0.25) is 5.02 Å². The number of hydrogen-bond acceptors (Lipinski definition) is 4. The number of nitrogens with one attached hydrogen (secondary N) is 1. The summed E-state index contributed by atoms with van der Waals surface area (Å²) in [5.74, 6) is -0.424. The Labute approximate surface area is 188 Å². The standard InChI is InChI=1S/C23H27ClN2O4S/c1-2-13-26(18-12-14-31(29,30)16-18)22(27)15-21(17-8-4-3-5-9-17)25-23(28)19-10-6-7-11-20(19)24/h3-11,18,21H,2,12-16H2,1H3,(H,25,28). The number of carbonyl (C=O) groups is 2. The fourth-order valence-electron chi connectivity index (χ4n) is 3.88. The monoisotopic (exact) mass is 462 g/mol. The molecule has 2 aromatic carbocycles. The van der Waals surface area contributed by atoms with Crippen molar-refractivity contribution in [3.8, 4) is 0 Å². The van der Waals surface area contributed by atoms with Gasteiger partial charge in [-0.1, -0.05) is 61.0 Å². The Kier molecular flexibility index (Phi) is 7.73. The van der Waals surface area contributed by atoms with Gasteiger partial charge in [0, 0.05) is 12.6 Å². The van der Waals surface area contributed by atoms with Crippen molar-refractivity contribution < 1.29 is 18.0 Å². The molecule has 0 aliphatic carbocycles. The molecule has 3 rings (SSSR count). The van der Waals surface area contributed by atoms with Gasteiger partial charge in [0.15, 0.2) is 9.84 Å². The van der Waals surface area contributed by atoms with E-state index >= 15 is 0 Å². The molecule has 31 heavy (non-hydrogen) atoms. The summed E-state index contributed by atoms with van der Waals surface area (Å²) in [5.41, 5.74) is 1.14. The summed E-state index contributed by atoms with van der Waals surface area (Å²) in [7, 11) is -3.11.